The second kappa shape index (κ2) is 12.7. The van der Waals surface area contributed by atoms with E-state index < -0.39 is 0 Å². The first-order valence-corrected chi connectivity index (χ1v) is 8.35. The normalized spacial score (nSPS) is 19.4. The Morgan fingerprint density at radius 3 is 3.05 bits per heavy atom. The summed E-state index contributed by atoms with van der Waals surface area (Å²) in [4.78, 5) is 11.6. The zero-order chi connectivity index (χ0) is 13.9. The third kappa shape index (κ3) is 9.02. The van der Waals surface area contributed by atoms with E-state index in [0.29, 0.717) is 19.8 Å². The van der Waals surface area contributed by atoms with Crippen LogP contribution >= 0.6 is 24.2 Å². The number of hydrogen-bond acceptors (Lipinski definition) is 5. The van der Waals surface area contributed by atoms with E-state index in [4.69, 9.17) is 15.2 Å². The number of amides is 1. The molecular weight excluding hydrogens is 300 g/mol. The van der Waals surface area contributed by atoms with Crippen molar-refractivity contribution in [2.75, 3.05) is 38.4 Å². The molecule has 0 radical (unpaired) electrons. The quantitative estimate of drug-likeness (QED) is 0.590. The van der Waals surface area contributed by atoms with E-state index in [2.05, 4.69) is 5.32 Å². The van der Waals surface area contributed by atoms with Gasteiger partial charge in [-0.3, -0.25) is 4.79 Å². The van der Waals surface area contributed by atoms with Crippen molar-refractivity contribution in [1.29, 1.82) is 0 Å². The summed E-state index contributed by atoms with van der Waals surface area (Å²) >= 11 is 1.70. The van der Waals surface area contributed by atoms with Crippen LogP contribution in [-0.2, 0) is 14.3 Å². The van der Waals surface area contributed by atoms with Gasteiger partial charge in [0.15, 0.2) is 0 Å². The van der Waals surface area contributed by atoms with Crippen LogP contribution in [0.1, 0.15) is 25.7 Å². The third-order valence-electron chi connectivity index (χ3n) is 3.06. The van der Waals surface area contributed by atoms with Crippen molar-refractivity contribution in [3.63, 3.8) is 0 Å². The fourth-order valence-corrected chi connectivity index (χ4v) is 2.37. The molecule has 0 aromatic heterocycles. The van der Waals surface area contributed by atoms with Crippen molar-refractivity contribution in [3.05, 3.63) is 0 Å². The fourth-order valence-electron chi connectivity index (χ4n) is 1.88. The van der Waals surface area contributed by atoms with Crippen LogP contribution in [0.25, 0.3) is 0 Å². The predicted octanol–water partition coefficient (Wildman–Crippen LogP) is 1.19. The van der Waals surface area contributed by atoms with Gasteiger partial charge in [0.25, 0.3) is 0 Å². The highest BCUT2D eigenvalue weighted by Crippen LogP contribution is 2.11. The highest BCUT2D eigenvalue weighted by atomic mass is 35.5. The number of carbonyl (C=O) groups is 1. The molecule has 0 aromatic rings. The molecule has 0 aromatic carbocycles. The summed E-state index contributed by atoms with van der Waals surface area (Å²) in [6, 6.07) is -0.389. The van der Waals surface area contributed by atoms with Crippen LogP contribution in [0.4, 0.5) is 0 Å². The number of nitrogens with one attached hydrogen (secondary N) is 1. The summed E-state index contributed by atoms with van der Waals surface area (Å²) < 4.78 is 11.0. The fraction of sp³-hybridized carbons (Fsp3) is 0.923. The van der Waals surface area contributed by atoms with Crippen molar-refractivity contribution < 1.29 is 14.3 Å². The molecule has 0 spiro atoms. The van der Waals surface area contributed by atoms with E-state index in [1.165, 1.54) is 0 Å². The van der Waals surface area contributed by atoms with Gasteiger partial charge in [-0.25, -0.2) is 0 Å². The van der Waals surface area contributed by atoms with Gasteiger partial charge in [-0.2, -0.15) is 11.8 Å². The molecule has 1 aliphatic rings. The molecule has 0 saturated carbocycles. The summed E-state index contributed by atoms with van der Waals surface area (Å²) in [5, 5.41) is 2.84. The molecule has 1 heterocycles. The minimum Gasteiger partial charge on any atom is -0.379 e. The van der Waals surface area contributed by atoms with Crippen molar-refractivity contribution in [3.8, 4) is 0 Å². The molecule has 120 valence electrons. The van der Waals surface area contributed by atoms with Gasteiger partial charge >= 0.3 is 0 Å². The van der Waals surface area contributed by atoms with Gasteiger partial charge in [0.1, 0.15) is 0 Å². The maximum atomic E-state index is 11.6. The molecule has 0 bridgehead atoms. The van der Waals surface area contributed by atoms with Crippen LogP contribution in [0, 0.1) is 0 Å². The lowest BCUT2D eigenvalue weighted by molar-refractivity contribution is -0.122. The van der Waals surface area contributed by atoms with Gasteiger partial charge in [0, 0.05) is 19.8 Å². The Morgan fingerprint density at radius 1 is 1.60 bits per heavy atom. The average molecular weight is 327 g/mol. The smallest absolute Gasteiger partial charge is 0.236 e. The van der Waals surface area contributed by atoms with Crippen molar-refractivity contribution in [1.82, 2.24) is 5.32 Å². The van der Waals surface area contributed by atoms with E-state index in [1.807, 2.05) is 6.26 Å². The largest absolute Gasteiger partial charge is 0.379 e. The number of hydrogen-bond donors (Lipinski definition) is 2. The minimum atomic E-state index is -0.389. The monoisotopic (exact) mass is 326 g/mol. The Balaban J connectivity index is 0.00000361. The Hall–Kier alpha value is -0.0100. The molecule has 1 amide bonds. The first-order chi connectivity index (χ1) is 9.24. The first-order valence-electron chi connectivity index (χ1n) is 6.95. The molecule has 2 atom stereocenters. The lowest BCUT2D eigenvalue weighted by Gasteiger charge is -2.12. The lowest BCUT2D eigenvalue weighted by Crippen LogP contribution is -2.41. The number of halogens is 1. The topological polar surface area (TPSA) is 73.6 Å². The second-order valence-electron chi connectivity index (χ2n) is 4.74. The van der Waals surface area contributed by atoms with Crippen LogP contribution in [0.5, 0.6) is 0 Å². The molecular formula is C13H27ClN2O3S. The molecule has 0 aliphatic carbocycles. The zero-order valence-electron chi connectivity index (χ0n) is 12.1. The van der Waals surface area contributed by atoms with Gasteiger partial charge < -0.3 is 20.5 Å². The van der Waals surface area contributed by atoms with E-state index in [9.17, 15) is 4.79 Å². The lowest BCUT2D eigenvalue weighted by atomic mass is 10.2. The molecule has 1 rings (SSSR count). The Bertz CT molecular complexity index is 254. The summed E-state index contributed by atoms with van der Waals surface area (Å²) in [5.74, 6) is 0.854. The van der Waals surface area contributed by atoms with Gasteiger partial charge in [-0.05, 0) is 37.7 Å². The Labute approximate surface area is 132 Å². The molecule has 3 N–H and O–H groups in total. The summed E-state index contributed by atoms with van der Waals surface area (Å²) in [5.41, 5.74) is 5.75. The average Bonchev–Trinajstić information content (AvgIpc) is 2.92. The Morgan fingerprint density at radius 2 is 2.40 bits per heavy atom. The van der Waals surface area contributed by atoms with Crippen molar-refractivity contribution in [2.45, 2.75) is 37.8 Å². The van der Waals surface area contributed by atoms with Crippen molar-refractivity contribution in [2.24, 2.45) is 5.73 Å². The molecule has 7 heteroatoms. The van der Waals surface area contributed by atoms with Crippen LogP contribution in [0.15, 0.2) is 0 Å². The van der Waals surface area contributed by atoms with Gasteiger partial charge in [0.2, 0.25) is 5.91 Å². The molecule has 1 unspecified atom stereocenters. The van der Waals surface area contributed by atoms with E-state index >= 15 is 0 Å². The summed E-state index contributed by atoms with van der Waals surface area (Å²) in [6.07, 6.45) is 6.06. The van der Waals surface area contributed by atoms with E-state index in [-0.39, 0.29) is 30.5 Å². The number of rotatable bonds is 10. The zero-order valence-corrected chi connectivity index (χ0v) is 13.8. The highest BCUT2D eigenvalue weighted by molar-refractivity contribution is 7.98. The highest BCUT2D eigenvalue weighted by Gasteiger charge is 2.15. The van der Waals surface area contributed by atoms with Crippen molar-refractivity contribution >= 4 is 30.1 Å². The summed E-state index contributed by atoms with van der Waals surface area (Å²) in [7, 11) is 0. The van der Waals surface area contributed by atoms with Gasteiger partial charge in [-0.1, -0.05) is 0 Å². The molecule has 5 nitrogen and oxygen atoms in total. The van der Waals surface area contributed by atoms with Gasteiger partial charge in [0.05, 0.1) is 18.8 Å². The molecule has 1 saturated heterocycles. The van der Waals surface area contributed by atoms with Gasteiger partial charge in [-0.15, -0.1) is 12.4 Å². The number of nitrogens with two attached hydrogens (primary N) is 1. The maximum Gasteiger partial charge on any atom is 0.236 e. The van der Waals surface area contributed by atoms with Crippen LogP contribution in [0.3, 0.4) is 0 Å². The minimum absolute atomic E-state index is 0. The van der Waals surface area contributed by atoms with E-state index in [1.54, 1.807) is 11.8 Å². The van der Waals surface area contributed by atoms with Crippen LogP contribution < -0.4 is 11.1 Å². The molecule has 20 heavy (non-hydrogen) atoms. The second-order valence-corrected chi connectivity index (χ2v) is 5.73. The molecule has 1 fully saturated rings. The van der Waals surface area contributed by atoms with E-state index in [0.717, 1.165) is 38.0 Å². The number of thioether (sulfide) groups is 1. The van der Waals surface area contributed by atoms with Crippen LogP contribution in [0.2, 0.25) is 0 Å². The number of ether oxygens (including phenoxy) is 2. The Kier molecular flexibility index (Phi) is 12.7. The SMILES string of the molecule is CSCC[C@H](N)C(=O)NCCCOCC1CCCO1.Cl. The predicted molar refractivity (Wildman–Crippen MR) is 85.6 cm³/mol. The number of carbonyl (C=O) groups excluding carboxylic acids is 1. The standard InChI is InChI=1S/C13H26N2O3S.ClH/c1-19-9-5-12(14)13(16)15-6-3-7-17-10-11-4-2-8-18-11;/h11-12H,2-10,14H2,1H3,(H,15,16);1H/t11?,12-;/m0./s1. The summed E-state index contributed by atoms with van der Waals surface area (Å²) in [6.45, 7) is 2.80. The third-order valence-corrected chi connectivity index (χ3v) is 3.71. The molecule has 1 aliphatic heterocycles. The maximum absolute atomic E-state index is 11.6. The van der Waals surface area contributed by atoms with Crippen LogP contribution in [-0.4, -0.2) is 56.4 Å². The first kappa shape index (κ1) is 20.0.